The number of benzene rings is 1. The second-order valence-corrected chi connectivity index (χ2v) is 3.47. The standard InChI is InChI=1S/C12H11N3/c1-8-2-4-9(5-3-8)11-7-15-12(14)10(11)6-13/h2-5,7,15H,14H2,1H3. The number of nitriles is 1. The summed E-state index contributed by atoms with van der Waals surface area (Å²) >= 11 is 0. The van der Waals surface area contributed by atoms with Gasteiger partial charge in [-0.1, -0.05) is 29.8 Å². The van der Waals surface area contributed by atoms with E-state index in [1.165, 1.54) is 5.56 Å². The molecule has 0 aliphatic rings. The van der Waals surface area contributed by atoms with Gasteiger partial charge < -0.3 is 10.7 Å². The Morgan fingerprint density at radius 1 is 1.27 bits per heavy atom. The van der Waals surface area contributed by atoms with Gasteiger partial charge in [-0.2, -0.15) is 5.26 Å². The zero-order valence-corrected chi connectivity index (χ0v) is 8.41. The van der Waals surface area contributed by atoms with Crippen LogP contribution in [-0.4, -0.2) is 4.98 Å². The van der Waals surface area contributed by atoms with Crippen molar-refractivity contribution in [3.05, 3.63) is 41.6 Å². The van der Waals surface area contributed by atoms with Gasteiger partial charge in [0.15, 0.2) is 0 Å². The van der Waals surface area contributed by atoms with Crippen LogP contribution in [0.2, 0.25) is 0 Å². The van der Waals surface area contributed by atoms with Crippen molar-refractivity contribution in [3.63, 3.8) is 0 Å². The number of aryl methyl sites for hydroxylation is 1. The summed E-state index contributed by atoms with van der Waals surface area (Å²) in [5.74, 6) is 0.424. The molecule has 0 radical (unpaired) electrons. The van der Waals surface area contributed by atoms with E-state index < -0.39 is 0 Å². The van der Waals surface area contributed by atoms with Gasteiger partial charge in [0.25, 0.3) is 0 Å². The number of aromatic nitrogens is 1. The average Bonchev–Trinajstić information content (AvgIpc) is 2.61. The number of nitrogens with zero attached hydrogens (tertiary/aromatic N) is 1. The smallest absolute Gasteiger partial charge is 0.119 e. The van der Waals surface area contributed by atoms with Crippen molar-refractivity contribution in [3.8, 4) is 17.2 Å². The number of H-pyrrole nitrogens is 1. The summed E-state index contributed by atoms with van der Waals surface area (Å²) in [5, 5.41) is 8.95. The predicted molar refractivity (Wildman–Crippen MR) is 60.1 cm³/mol. The fourth-order valence-electron chi connectivity index (χ4n) is 1.52. The van der Waals surface area contributed by atoms with Crippen LogP contribution in [0.3, 0.4) is 0 Å². The third-order valence-electron chi connectivity index (χ3n) is 2.39. The molecule has 3 nitrogen and oxygen atoms in total. The van der Waals surface area contributed by atoms with Crippen LogP contribution in [-0.2, 0) is 0 Å². The third kappa shape index (κ3) is 1.57. The molecule has 0 aliphatic heterocycles. The highest BCUT2D eigenvalue weighted by Crippen LogP contribution is 2.26. The molecule has 0 atom stereocenters. The number of nitrogens with two attached hydrogens (primary N) is 1. The maximum Gasteiger partial charge on any atom is 0.119 e. The van der Waals surface area contributed by atoms with Crippen molar-refractivity contribution in [2.45, 2.75) is 6.92 Å². The van der Waals surface area contributed by atoms with Crippen molar-refractivity contribution in [1.29, 1.82) is 5.26 Å². The normalized spacial score (nSPS) is 9.87. The van der Waals surface area contributed by atoms with Gasteiger partial charge in [-0.3, -0.25) is 0 Å². The Bertz CT molecular complexity index is 515. The quantitative estimate of drug-likeness (QED) is 0.737. The molecule has 0 amide bonds. The molecule has 0 spiro atoms. The molecule has 0 saturated heterocycles. The van der Waals surface area contributed by atoms with Gasteiger partial charge in [0.1, 0.15) is 17.5 Å². The summed E-state index contributed by atoms with van der Waals surface area (Å²) in [6, 6.07) is 10.1. The lowest BCUT2D eigenvalue weighted by Gasteiger charge is -1.99. The SMILES string of the molecule is Cc1ccc(-c2c[nH]c(N)c2C#N)cc1. The lowest BCUT2D eigenvalue weighted by molar-refractivity contribution is 1.40. The second kappa shape index (κ2) is 3.50. The molecule has 1 aromatic heterocycles. The minimum atomic E-state index is 0.424. The number of hydrogen-bond acceptors (Lipinski definition) is 2. The van der Waals surface area contributed by atoms with Crippen LogP contribution in [0.4, 0.5) is 5.82 Å². The Morgan fingerprint density at radius 3 is 2.53 bits per heavy atom. The fourth-order valence-corrected chi connectivity index (χ4v) is 1.52. The third-order valence-corrected chi connectivity index (χ3v) is 2.39. The summed E-state index contributed by atoms with van der Waals surface area (Å²) in [6.07, 6.45) is 1.76. The highest BCUT2D eigenvalue weighted by Gasteiger charge is 2.09. The molecule has 2 rings (SSSR count). The fraction of sp³-hybridized carbons (Fsp3) is 0.0833. The van der Waals surface area contributed by atoms with Crippen LogP contribution >= 0.6 is 0 Å². The first-order valence-corrected chi connectivity index (χ1v) is 4.66. The molecule has 1 heterocycles. The number of nitrogens with one attached hydrogen (secondary N) is 1. The van der Waals surface area contributed by atoms with E-state index in [1.54, 1.807) is 6.20 Å². The highest BCUT2D eigenvalue weighted by atomic mass is 14.8. The molecular weight excluding hydrogens is 186 g/mol. The number of nitrogen functional groups attached to an aromatic ring is 1. The van der Waals surface area contributed by atoms with E-state index in [1.807, 2.05) is 31.2 Å². The first kappa shape index (κ1) is 9.35. The Labute approximate surface area is 88.2 Å². The zero-order valence-electron chi connectivity index (χ0n) is 8.41. The van der Waals surface area contributed by atoms with Crippen molar-refractivity contribution < 1.29 is 0 Å². The molecule has 74 valence electrons. The lowest BCUT2D eigenvalue weighted by Crippen LogP contribution is -1.87. The minimum absolute atomic E-state index is 0.424. The molecule has 0 unspecified atom stereocenters. The van der Waals surface area contributed by atoms with Crippen LogP contribution in [0.25, 0.3) is 11.1 Å². The van der Waals surface area contributed by atoms with E-state index in [0.717, 1.165) is 11.1 Å². The topological polar surface area (TPSA) is 65.6 Å². The van der Waals surface area contributed by atoms with Gasteiger partial charge in [0, 0.05) is 11.8 Å². The van der Waals surface area contributed by atoms with Crippen molar-refractivity contribution in [2.24, 2.45) is 0 Å². The van der Waals surface area contributed by atoms with Gasteiger partial charge in [0.05, 0.1) is 0 Å². The molecule has 0 aliphatic carbocycles. The number of hydrogen-bond donors (Lipinski definition) is 2. The molecule has 15 heavy (non-hydrogen) atoms. The van der Waals surface area contributed by atoms with E-state index in [0.29, 0.717) is 11.4 Å². The second-order valence-electron chi connectivity index (χ2n) is 3.47. The summed E-state index contributed by atoms with van der Waals surface area (Å²) in [7, 11) is 0. The molecule has 3 N–H and O–H groups in total. The molecule has 0 bridgehead atoms. The van der Waals surface area contributed by atoms with Crippen LogP contribution in [0.1, 0.15) is 11.1 Å². The molecule has 0 fully saturated rings. The van der Waals surface area contributed by atoms with E-state index in [4.69, 9.17) is 11.0 Å². The van der Waals surface area contributed by atoms with Gasteiger partial charge >= 0.3 is 0 Å². The maximum atomic E-state index is 8.95. The van der Waals surface area contributed by atoms with Gasteiger partial charge in [-0.05, 0) is 12.5 Å². The Kier molecular flexibility index (Phi) is 2.18. The number of rotatable bonds is 1. The summed E-state index contributed by atoms with van der Waals surface area (Å²) in [5.41, 5.74) is 9.21. The lowest BCUT2D eigenvalue weighted by atomic mass is 10.0. The zero-order chi connectivity index (χ0) is 10.8. The summed E-state index contributed by atoms with van der Waals surface area (Å²) in [6.45, 7) is 2.03. The predicted octanol–water partition coefficient (Wildman–Crippen LogP) is 2.44. The molecule has 2 aromatic rings. The van der Waals surface area contributed by atoms with E-state index in [2.05, 4.69) is 11.1 Å². The average molecular weight is 197 g/mol. The molecule has 0 saturated carbocycles. The highest BCUT2D eigenvalue weighted by molar-refractivity contribution is 5.75. The van der Waals surface area contributed by atoms with Crippen LogP contribution in [0.5, 0.6) is 0 Å². The monoisotopic (exact) mass is 197 g/mol. The Balaban J connectivity index is 2.55. The number of anilines is 1. The van der Waals surface area contributed by atoms with Crippen LogP contribution in [0, 0.1) is 18.3 Å². The van der Waals surface area contributed by atoms with Gasteiger partial charge in [0.2, 0.25) is 0 Å². The Hall–Kier alpha value is -2.21. The van der Waals surface area contributed by atoms with Crippen LogP contribution < -0.4 is 5.73 Å². The number of aromatic amines is 1. The van der Waals surface area contributed by atoms with Gasteiger partial charge in [-0.25, -0.2) is 0 Å². The minimum Gasteiger partial charge on any atom is -0.384 e. The molecule has 3 heteroatoms. The first-order chi connectivity index (χ1) is 7.22. The summed E-state index contributed by atoms with van der Waals surface area (Å²) < 4.78 is 0. The van der Waals surface area contributed by atoms with Crippen molar-refractivity contribution >= 4 is 5.82 Å². The van der Waals surface area contributed by atoms with Crippen molar-refractivity contribution in [1.82, 2.24) is 4.98 Å². The van der Waals surface area contributed by atoms with E-state index >= 15 is 0 Å². The maximum absolute atomic E-state index is 8.95. The van der Waals surface area contributed by atoms with Crippen molar-refractivity contribution in [2.75, 3.05) is 5.73 Å². The largest absolute Gasteiger partial charge is 0.384 e. The Morgan fingerprint density at radius 2 is 1.93 bits per heavy atom. The molecular formula is C12H11N3. The van der Waals surface area contributed by atoms with Gasteiger partial charge in [-0.15, -0.1) is 0 Å². The van der Waals surface area contributed by atoms with Crippen LogP contribution in [0.15, 0.2) is 30.5 Å². The summed E-state index contributed by atoms with van der Waals surface area (Å²) in [4.78, 5) is 2.86. The van der Waals surface area contributed by atoms with E-state index in [9.17, 15) is 0 Å². The van der Waals surface area contributed by atoms with E-state index in [-0.39, 0.29) is 0 Å². The first-order valence-electron chi connectivity index (χ1n) is 4.66. The molecule has 1 aromatic carbocycles.